The van der Waals surface area contributed by atoms with Crippen molar-refractivity contribution in [2.45, 2.75) is 12.8 Å². The molecule has 0 radical (unpaired) electrons. The number of benzene rings is 1. The minimum atomic E-state index is -1.19. The second-order valence-electron chi connectivity index (χ2n) is 5.44. The molecule has 1 amide bonds. The number of rotatable bonds is 6. The lowest BCUT2D eigenvalue weighted by atomic mass is 9.78. The molecule has 1 aromatic carbocycles. The van der Waals surface area contributed by atoms with Crippen molar-refractivity contribution in [3.05, 3.63) is 44.0 Å². The van der Waals surface area contributed by atoms with E-state index in [4.69, 9.17) is 9.47 Å². The predicted octanol–water partition coefficient (Wildman–Crippen LogP) is 2.33. The maximum Gasteiger partial charge on any atom is 0.319 e. The van der Waals surface area contributed by atoms with Crippen LogP contribution < -0.4 is 5.32 Å². The van der Waals surface area contributed by atoms with Crippen molar-refractivity contribution in [2.24, 2.45) is 5.92 Å². The summed E-state index contributed by atoms with van der Waals surface area (Å²) in [4.78, 5) is 36.6. The average Bonchev–Trinajstić information content (AvgIpc) is 2.66. The lowest BCUT2D eigenvalue weighted by Crippen LogP contribution is -2.44. The van der Waals surface area contributed by atoms with Gasteiger partial charge in [0.15, 0.2) is 0 Å². The van der Waals surface area contributed by atoms with Gasteiger partial charge in [-0.1, -0.05) is 30.0 Å². The van der Waals surface area contributed by atoms with E-state index in [0.717, 1.165) is 15.3 Å². The van der Waals surface area contributed by atoms with Crippen LogP contribution in [-0.4, -0.2) is 37.3 Å². The van der Waals surface area contributed by atoms with E-state index < -0.39 is 29.7 Å². The van der Waals surface area contributed by atoms with Gasteiger partial charge in [0.2, 0.25) is 5.91 Å². The molecule has 2 atom stereocenters. The summed E-state index contributed by atoms with van der Waals surface area (Å²) in [6.07, 6.45) is 0. The fourth-order valence-corrected chi connectivity index (χ4v) is 4.29. The maximum absolute atomic E-state index is 12.6. The number of thioether (sulfide) groups is 1. The highest BCUT2D eigenvalue weighted by molar-refractivity contribution is 14.1. The first-order valence-electron chi connectivity index (χ1n) is 8.00. The SMILES string of the molecule is CCOC(=O)CSC1=C(C#N)C(c2ccccc2I)C(C(=O)OC)C(=O)N1. The van der Waals surface area contributed by atoms with E-state index in [1.54, 1.807) is 19.1 Å². The zero-order valence-electron chi connectivity index (χ0n) is 14.7. The predicted molar refractivity (Wildman–Crippen MR) is 107 cm³/mol. The minimum Gasteiger partial charge on any atom is -0.468 e. The molecule has 0 saturated carbocycles. The summed E-state index contributed by atoms with van der Waals surface area (Å²) in [5, 5.41) is 12.6. The smallest absolute Gasteiger partial charge is 0.319 e. The van der Waals surface area contributed by atoms with Gasteiger partial charge in [-0.05, 0) is 41.1 Å². The molecule has 1 heterocycles. The Morgan fingerprint density at radius 2 is 2.07 bits per heavy atom. The molecule has 0 aromatic heterocycles. The number of hydrogen-bond acceptors (Lipinski definition) is 7. The van der Waals surface area contributed by atoms with E-state index >= 15 is 0 Å². The molecule has 0 aliphatic carbocycles. The summed E-state index contributed by atoms with van der Waals surface area (Å²) >= 11 is 3.10. The molecule has 0 spiro atoms. The van der Waals surface area contributed by atoms with Crippen molar-refractivity contribution >= 4 is 52.2 Å². The average molecular weight is 500 g/mol. The molecule has 0 fully saturated rings. The van der Waals surface area contributed by atoms with Crippen molar-refractivity contribution in [1.82, 2.24) is 5.32 Å². The number of amides is 1. The van der Waals surface area contributed by atoms with Gasteiger partial charge in [-0.25, -0.2) is 0 Å². The fraction of sp³-hybridized carbons (Fsp3) is 0.333. The highest BCUT2D eigenvalue weighted by Gasteiger charge is 2.45. The molecule has 1 aromatic rings. The number of carbonyl (C=O) groups is 3. The number of allylic oxidation sites excluding steroid dienone is 1. The summed E-state index contributed by atoms with van der Waals surface area (Å²) in [6.45, 7) is 1.93. The number of esters is 2. The lowest BCUT2D eigenvalue weighted by Gasteiger charge is -2.31. The highest BCUT2D eigenvalue weighted by Crippen LogP contribution is 2.41. The Hall–Kier alpha value is -2.06. The van der Waals surface area contributed by atoms with E-state index in [2.05, 4.69) is 34.0 Å². The fourth-order valence-electron chi connectivity index (χ4n) is 2.72. The minimum absolute atomic E-state index is 0.0594. The van der Waals surface area contributed by atoms with Crippen LogP contribution in [0.5, 0.6) is 0 Å². The summed E-state index contributed by atoms with van der Waals surface area (Å²) in [5.41, 5.74) is 0.887. The van der Waals surface area contributed by atoms with Crippen molar-refractivity contribution < 1.29 is 23.9 Å². The molecule has 142 valence electrons. The first-order valence-corrected chi connectivity index (χ1v) is 10.1. The highest BCUT2D eigenvalue weighted by atomic mass is 127. The van der Waals surface area contributed by atoms with E-state index in [-0.39, 0.29) is 23.0 Å². The van der Waals surface area contributed by atoms with Crippen LogP contribution in [-0.2, 0) is 23.9 Å². The number of ether oxygens (including phenoxy) is 2. The molecule has 2 rings (SSSR count). The monoisotopic (exact) mass is 500 g/mol. The Balaban J connectivity index is 2.52. The van der Waals surface area contributed by atoms with Crippen molar-refractivity contribution in [1.29, 1.82) is 5.26 Å². The molecular formula is C18H17IN2O5S. The van der Waals surface area contributed by atoms with Gasteiger partial charge in [0.25, 0.3) is 0 Å². The normalized spacial score (nSPS) is 19.1. The lowest BCUT2D eigenvalue weighted by molar-refractivity contribution is -0.150. The zero-order chi connectivity index (χ0) is 20.0. The van der Waals surface area contributed by atoms with E-state index in [1.165, 1.54) is 7.11 Å². The van der Waals surface area contributed by atoms with Gasteiger partial charge >= 0.3 is 11.9 Å². The molecule has 27 heavy (non-hydrogen) atoms. The van der Waals surface area contributed by atoms with Crippen LogP contribution >= 0.6 is 34.4 Å². The third-order valence-corrected chi connectivity index (χ3v) is 5.84. The molecule has 1 N–H and O–H groups in total. The Labute approximate surface area is 174 Å². The van der Waals surface area contributed by atoms with Crippen LogP contribution in [0.3, 0.4) is 0 Å². The molecule has 0 saturated heterocycles. The number of methoxy groups -OCH3 is 1. The van der Waals surface area contributed by atoms with E-state index in [9.17, 15) is 19.6 Å². The van der Waals surface area contributed by atoms with Gasteiger partial charge < -0.3 is 14.8 Å². The van der Waals surface area contributed by atoms with Gasteiger partial charge in [-0.2, -0.15) is 5.26 Å². The van der Waals surface area contributed by atoms with Gasteiger partial charge in [0, 0.05) is 9.49 Å². The Kier molecular flexibility index (Phi) is 7.67. The van der Waals surface area contributed by atoms with Crippen molar-refractivity contribution in [2.75, 3.05) is 19.5 Å². The molecular weight excluding hydrogens is 483 g/mol. The molecule has 0 bridgehead atoms. The van der Waals surface area contributed by atoms with Crippen molar-refractivity contribution in [3.8, 4) is 6.07 Å². The molecule has 1 aliphatic rings. The van der Waals surface area contributed by atoms with Gasteiger partial charge in [-0.3, -0.25) is 14.4 Å². The number of nitrogens with one attached hydrogen (secondary N) is 1. The molecule has 2 unspecified atom stereocenters. The number of halogens is 1. The largest absolute Gasteiger partial charge is 0.468 e. The van der Waals surface area contributed by atoms with Crippen molar-refractivity contribution in [3.63, 3.8) is 0 Å². The van der Waals surface area contributed by atoms with Crippen LogP contribution in [0, 0.1) is 20.8 Å². The van der Waals surface area contributed by atoms with E-state index in [0.29, 0.717) is 5.56 Å². The van der Waals surface area contributed by atoms with Gasteiger partial charge in [0.1, 0.15) is 5.92 Å². The first kappa shape index (κ1) is 21.2. The number of nitrogens with zero attached hydrogens (tertiary/aromatic N) is 1. The Morgan fingerprint density at radius 1 is 1.37 bits per heavy atom. The van der Waals surface area contributed by atoms with Crippen LogP contribution in [0.25, 0.3) is 0 Å². The molecule has 1 aliphatic heterocycles. The Bertz CT molecular complexity index is 833. The first-order chi connectivity index (χ1) is 12.9. The Morgan fingerprint density at radius 3 is 2.67 bits per heavy atom. The van der Waals surface area contributed by atoms with Crippen LogP contribution in [0.4, 0.5) is 0 Å². The summed E-state index contributed by atoms with van der Waals surface area (Å²) < 4.78 is 10.5. The van der Waals surface area contributed by atoms with E-state index in [1.807, 2.05) is 12.1 Å². The summed E-state index contributed by atoms with van der Waals surface area (Å²) in [7, 11) is 1.20. The third-order valence-electron chi connectivity index (χ3n) is 3.86. The van der Waals surface area contributed by atoms with Gasteiger partial charge in [-0.15, -0.1) is 0 Å². The van der Waals surface area contributed by atoms with Crippen LogP contribution in [0.15, 0.2) is 34.9 Å². The summed E-state index contributed by atoms with van der Waals surface area (Å²) in [5.74, 6) is -3.80. The number of nitriles is 1. The second-order valence-corrected chi connectivity index (χ2v) is 7.59. The summed E-state index contributed by atoms with van der Waals surface area (Å²) in [6, 6.07) is 9.30. The quantitative estimate of drug-likeness (QED) is 0.363. The maximum atomic E-state index is 12.6. The molecule has 9 heteroatoms. The number of hydrogen-bond donors (Lipinski definition) is 1. The second kappa shape index (κ2) is 9.75. The van der Waals surface area contributed by atoms with Gasteiger partial charge in [0.05, 0.1) is 36.1 Å². The van der Waals surface area contributed by atoms with Crippen LogP contribution in [0.1, 0.15) is 18.4 Å². The number of carbonyl (C=O) groups excluding carboxylic acids is 3. The molecule has 7 nitrogen and oxygen atoms in total. The topological polar surface area (TPSA) is 105 Å². The third kappa shape index (κ3) is 4.81. The van der Waals surface area contributed by atoms with Crippen LogP contribution in [0.2, 0.25) is 0 Å². The standard InChI is InChI=1S/C18H17IN2O5S/c1-3-26-13(22)9-27-17-11(8-20)14(10-6-4-5-7-12(10)19)15(16(23)21-17)18(24)25-2/h4-7,14-15H,3,9H2,1-2H3,(H,21,23). The zero-order valence-corrected chi connectivity index (χ0v) is 17.6.